The normalized spacial score (nSPS) is 24.5. The largest absolute Gasteiger partial charge is 0.351 e. The van der Waals surface area contributed by atoms with Crippen molar-refractivity contribution in [3.05, 3.63) is 12.7 Å². The van der Waals surface area contributed by atoms with Gasteiger partial charge in [-0.3, -0.25) is 9.69 Å². The molecule has 86 valence electrons. The van der Waals surface area contributed by atoms with Crippen LogP contribution in [0, 0.1) is 5.92 Å². The van der Waals surface area contributed by atoms with Crippen LogP contribution in [0.3, 0.4) is 0 Å². The highest BCUT2D eigenvalue weighted by molar-refractivity contribution is 5.81. The zero-order chi connectivity index (χ0) is 11.3. The van der Waals surface area contributed by atoms with Crippen LogP contribution >= 0.6 is 0 Å². The molecule has 0 aliphatic carbocycles. The predicted molar refractivity (Wildman–Crippen MR) is 62.6 cm³/mol. The van der Waals surface area contributed by atoms with Gasteiger partial charge in [0.05, 0.1) is 6.04 Å². The third-order valence-electron chi connectivity index (χ3n) is 3.04. The maximum Gasteiger partial charge on any atom is 0.237 e. The number of hydrogen-bond acceptors (Lipinski definition) is 2. The number of amides is 1. The van der Waals surface area contributed by atoms with Crippen molar-refractivity contribution in [1.29, 1.82) is 0 Å². The second kappa shape index (κ2) is 5.91. The number of carbonyl (C=O) groups excluding carboxylic acids is 1. The SMILES string of the molecule is C=CCNC(=O)[C@H](C)N1CCC[C@@H](C)C1. The third kappa shape index (κ3) is 3.67. The summed E-state index contributed by atoms with van der Waals surface area (Å²) in [6.45, 7) is 10.5. The fourth-order valence-corrected chi connectivity index (χ4v) is 2.06. The van der Waals surface area contributed by atoms with Crippen molar-refractivity contribution in [1.82, 2.24) is 10.2 Å². The second-order valence-corrected chi connectivity index (χ2v) is 4.45. The summed E-state index contributed by atoms with van der Waals surface area (Å²) in [6, 6.07) is -0.00676. The van der Waals surface area contributed by atoms with Gasteiger partial charge < -0.3 is 5.32 Å². The van der Waals surface area contributed by atoms with Gasteiger partial charge in [-0.1, -0.05) is 13.0 Å². The summed E-state index contributed by atoms with van der Waals surface area (Å²) in [6.07, 6.45) is 4.21. The maximum atomic E-state index is 11.7. The van der Waals surface area contributed by atoms with Gasteiger partial charge in [0.15, 0.2) is 0 Å². The van der Waals surface area contributed by atoms with E-state index in [0.717, 1.165) is 13.1 Å². The van der Waals surface area contributed by atoms with E-state index in [2.05, 4.69) is 23.7 Å². The van der Waals surface area contributed by atoms with Crippen LogP contribution in [0.2, 0.25) is 0 Å². The Morgan fingerprint density at radius 1 is 1.73 bits per heavy atom. The molecule has 15 heavy (non-hydrogen) atoms. The molecule has 0 aromatic carbocycles. The lowest BCUT2D eigenvalue weighted by atomic mass is 9.99. The van der Waals surface area contributed by atoms with Crippen LogP contribution in [0.15, 0.2) is 12.7 Å². The number of hydrogen-bond donors (Lipinski definition) is 1. The van der Waals surface area contributed by atoms with Gasteiger partial charge in [-0.15, -0.1) is 6.58 Å². The number of piperidine rings is 1. The summed E-state index contributed by atoms with van der Waals surface area (Å²) in [5.41, 5.74) is 0. The van der Waals surface area contributed by atoms with E-state index in [0.29, 0.717) is 12.5 Å². The molecular weight excluding hydrogens is 188 g/mol. The number of carbonyl (C=O) groups is 1. The maximum absolute atomic E-state index is 11.7. The van der Waals surface area contributed by atoms with Crippen molar-refractivity contribution >= 4 is 5.91 Å². The first-order valence-corrected chi connectivity index (χ1v) is 5.77. The van der Waals surface area contributed by atoms with Crippen LogP contribution in [-0.2, 0) is 4.79 Å². The monoisotopic (exact) mass is 210 g/mol. The average Bonchev–Trinajstić information content (AvgIpc) is 2.24. The Morgan fingerprint density at radius 2 is 2.47 bits per heavy atom. The van der Waals surface area contributed by atoms with E-state index in [1.54, 1.807) is 6.08 Å². The molecule has 0 spiro atoms. The zero-order valence-electron chi connectivity index (χ0n) is 9.83. The van der Waals surface area contributed by atoms with Crippen LogP contribution in [0.5, 0.6) is 0 Å². The quantitative estimate of drug-likeness (QED) is 0.712. The highest BCUT2D eigenvalue weighted by Crippen LogP contribution is 2.17. The van der Waals surface area contributed by atoms with Gasteiger partial charge in [-0.05, 0) is 32.2 Å². The van der Waals surface area contributed by atoms with Crippen LogP contribution in [0.4, 0.5) is 0 Å². The van der Waals surface area contributed by atoms with Gasteiger partial charge in [-0.25, -0.2) is 0 Å². The summed E-state index contributed by atoms with van der Waals surface area (Å²) in [5, 5.41) is 2.85. The molecule has 1 saturated heterocycles. The van der Waals surface area contributed by atoms with Crippen molar-refractivity contribution in [3.63, 3.8) is 0 Å². The molecule has 1 aliphatic heterocycles. The van der Waals surface area contributed by atoms with Gasteiger partial charge in [0.25, 0.3) is 0 Å². The molecule has 0 aromatic rings. The van der Waals surface area contributed by atoms with Crippen molar-refractivity contribution in [2.24, 2.45) is 5.92 Å². The lowest BCUT2D eigenvalue weighted by molar-refractivity contribution is -0.126. The predicted octanol–water partition coefficient (Wildman–Crippen LogP) is 1.41. The summed E-state index contributed by atoms with van der Waals surface area (Å²) in [4.78, 5) is 14.0. The average molecular weight is 210 g/mol. The summed E-state index contributed by atoms with van der Waals surface area (Å²) >= 11 is 0. The molecule has 1 heterocycles. The Morgan fingerprint density at radius 3 is 3.07 bits per heavy atom. The first-order chi connectivity index (χ1) is 7.15. The third-order valence-corrected chi connectivity index (χ3v) is 3.04. The van der Waals surface area contributed by atoms with E-state index in [1.165, 1.54) is 12.8 Å². The van der Waals surface area contributed by atoms with Gasteiger partial charge in [0, 0.05) is 13.1 Å². The van der Waals surface area contributed by atoms with Crippen molar-refractivity contribution in [2.75, 3.05) is 19.6 Å². The van der Waals surface area contributed by atoms with E-state index in [1.807, 2.05) is 6.92 Å². The zero-order valence-corrected chi connectivity index (χ0v) is 9.83. The molecule has 2 atom stereocenters. The molecular formula is C12H22N2O. The Bertz CT molecular complexity index is 228. The smallest absolute Gasteiger partial charge is 0.237 e. The Kier molecular flexibility index (Phi) is 4.82. The summed E-state index contributed by atoms with van der Waals surface area (Å²) < 4.78 is 0. The topological polar surface area (TPSA) is 32.3 Å². The van der Waals surface area contributed by atoms with Crippen molar-refractivity contribution < 1.29 is 4.79 Å². The molecule has 1 rings (SSSR count). The second-order valence-electron chi connectivity index (χ2n) is 4.45. The highest BCUT2D eigenvalue weighted by atomic mass is 16.2. The highest BCUT2D eigenvalue weighted by Gasteiger charge is 2.24. The first-order valence-electron chi connectivity index (χ1n) is 5.77. The molecule has 3 heteroatoms. The molecule has 0 aromatic heterocycles. The molecule has 0 bridgehead atoms. The molecule has 3 nitrogen and oxygen atoms in total. The molecule has 1 N–H and O–H groups in total. The molecule has 0 radical (unpaired) electrons. The summed E-state index contributed by atoms with van der Waals surface area (Å²) in [7, 11) is 0. The molecule has 1 amide bonds. The van der Waals surface area contributed by atoms with Crippen LogP contribution in [-0.4, -0.2) is 36.5 Å². The van der Waals surface area contributed by atoms with E-state index < -0.39 is 0 Å². The standard InChI is InChI=1S/C12H22N2O/c1-4-7-13-12(15)11(3)14-8-5-6-10(2)9-14/h4,10-11H,1,5-9H2,2-3H3,(H,13,15)/t10-,11+/m1/s1. The summed E-state index contributed by atoms with van der Waals surface area (Å²) in [5.74, 6) is 0.831. The number of rotatable bonds is 4. The van der Waals surface area contributed by atoms with Crippen molar-refractivity contribution in [2.45, 2.75) is 32.7 Å². The minimum atomic E-state index is -0.00676. The Hall–Kier alpha value is -0.830. The minimum Gasteiger partial charge on any atom is -0.351 e. The van der Waals surface area contributed by atoms with Crippen LogP contribution < -0.4 is 5.32 Å². The lowest BCUT2D eigenvalue weighted by Gasteiger charge is -2.34. The fraction of sp³-hybridized carbons (Fsp3) is 0.750. The van der Waals surface area contributed by atoms with Crippen molar-refractivity contribution in [3.8, 4) is 0 Å². The molecule has 1 fully saturated rings. The lowest BCUT2D eigenvalue weighted by Crippen LogP contribution is -2.48. The van der Waals surface area contributed by atoms with Gasteiger partial charge >= 0.3 is 0 Å². The molecule has 1 aliphatic rings. The number of nitrogens with zero attached hydrogens (tertiary/aromatic N) is 1. The Labute approximate surface area is 92.5 Å². The van der Waals surface area contributed by atoms with Gasteiger partial charge in [0.1, 0.15) is 0 Å². The van der Waals surface area contributed by atoms with Gasteiger partial charge in [0.2, 0.25) is 5.91 Å². The molecule has 0 unspecified atom stereocenters. The first kappa shape index (κ1) is 12.2. The van der Waals surface area contributed by atoms with E-state index in [4.69, 9.17) is 0 Å². The molecule has 0 saturated carbocycles. The van der Waals surface area contributed by atoms with E-state index in [-0.39, 0.29) is 11.9 Å². The number of nitrogens with one attached hydrogen (secondary N) is 1. The number of likely N-dealkylation sites (tertiary alicyclic amines) is 1. The fourth-order valence-electron chi connectivity index (χ4n) is 2.06. The Balaban J connectivity index is 2.40. The van der Waals surface area contributed by atoms with Crippen LogP contribution in [0.1, 0.15) is 26.7 Å². The van der Waals surface area contributed by atoms with Gasteiger partial charge in [-0.2, -0.15) is 0 Å². The van der Waals surface area contributed by atoms with E-state index in [9.17, 15) is 4.79 Å². The van der Waals surface area contributed by atoms with E-state index >= 15 is 0 Å². The minimum absolute atomic E-state index is 0.00676. The van der Waals surface area contributed by atoms with Crippen LogP contribution in [0.25, 0.3) is 0 Å².